The lowest BCUT2D eigenvalue weighted by molar-refractivity contribution is -0.137. The molecular weight excluding hydrogens is 663 g/mol. The van der Waals surface area contributed by atoms with E-state index < -0.39 is 11.7 Å². The lowest BCUT2D eigenvalue weighted by Gasteiger charge is -2.33. The quantitative estimate of drug-likeness (QED) is 0.132. The number of likely N-dealkylation sites (tertiary alicyclic amines) is 1. The highest BCUT2D eigenvalue weighted by atomic mass is 19.4. The van der Waals surface area contributed by atoms with E-state index in [-0.39, 0.29) is 42.2 Å². The number of anilines is 1. The second-order valence-electron chi connectivity index (χ2n) is 14.5. The number of nitrogens with one attached hydrogen (secondary N) is 4. The first-order valence-electron chi connectivity index (χ1n) is 18.5. The third kappa shape index (κ3) is 7.02. The summed E-state index contributed by atoms with van der Waals surface area (Å²) in [5.74, 6) is 1.08. The number of hydrogen-bond acceptors (Lipinski definition) is 6. The lowest BCUT2D eigenvalue weighted by atomic mass is 10.0. The molecule has 1 amide bonds. The van der Waals surface area contributed by atoms with Crippen molar-refractivity contribution in [2.24, 2.45) is 5.92 Å². The molecule has 3 aliphatic rings. The Morgan fingerprint density at radius 2 is 1.54 bits per heavy atom. The van der Waals surface area contributed by atoms with Gasteiger partial charge in [-0.25, -0.2) is 4.98 Å². The second kappa shape index (κ2) is 14.7. The number of rotatable bonds is 10. The zero-order valence-electron chi connectivity index (χ0n) is 30.2. The number of halogens is 3. The van der Waals surface area contributed by atoms with E-state index in [0.29, 0.717) is 6.54 Å². The maximum atomic E-state index is 13.5. The van der Waals surface area contributed by atoms with Gasteiger partial charge in [0.25, 0.3) is 0 Å². The molecule has 1 aromatic heterocycles. The van der Waals surface area contributed by atoms with Crippen molar-refractivity contribution in [3.8, 4) is 11.3 Å². The Morgan fingerprint density at radius 3 is 2.10 bits per heavy atom. The average molecular weight is 712 g/mol. The number of H-pyrrole nitrogens is 1. The van der Waals surface area contributed by atoms with Crippen LogP contribution in [0.15, 0.2) is 85.2 Å². The first kappa shape index (κ1) is 35.6. The predicted octanol–water partition coefficient (Wildman–Crippen LogP) is 8.31. The van der Waals surface area contributed by atoms with Crippen LogP contribution < -0.4 is 20.9 Å². The number of alkyl halides is 3. The number of aromatic nitrogens is 2. The van der Waals surface area contributed by atoms with Crippen molar-refractivity contribution < 1.29 is 18.0 Å². The van der Waals surface area contributed by atoms with Crippen LogP contribution >= 0.6 is 0 Å². The molecule has 1 unspecified atom stereocenters. The van der Waals surface area contributed by atoms with E-state index in [0.717, 1.165) is 77.3 Å². The van der Waals surface area contributed by atoms with Gasteiger partial charge in [-0.1, -0.05) is 69.3 Å². The monoisotopic (exact) mass is 711 g/mol. The van der Waals surface area contributed by atoms with E-state index in [1.54, 1.807) is 12.1 Å². The van der Waals surface area contributed by atoms with Crippen LogP contribution in [0, 0.1) is 5.92 Å². The van der Waals surface area contributed by atoms with Crippen molar-refractivity contribution in [3.63, 3.8) is 0 Å². The SMILES string of the molecule is CC[C@H]1NC=C(c2ccc([C@H]3CC[C@H](c4ccc(-c5cnc([C@@H]6CCCN6C(=O)C(NC)C(C)C)[nH]5)cc4)N3c3ccc(C(F)(F)F)cc3)cc2)N1. The first-order chi connectivity index (χ1) is 25.0. The molecule has 52 heavy (non-hydrogen) atoms. The molecule has 4 aromatic rings. The summed E-state index contributed by atoms with van der Waals surface area (Å²) in [5.41, 5.74) is 6.33. The first-order valence-corrected chi connectivity index (χ1v) is 18.5. The van der Waals surface area contributed by atoms with Gasteiger partial charge in [0, 0.05) is 18.4 Å². The molecule has 0 saturated carbocycles. The van der Waals surface area contributed by atoms with E-state index in [1.165, 1.54) is 12.1 Å². The molecule has 8 nitrogen and oxygen atoms in total. The Morgan fingerprint density at radius 1 is 0.904 bits per heavy atom. The summed E-state index contributed by atoms with van der Waals surface area (Å²) in [4.78, 5) is 25.9. The number of hydrogen-bond donors (Lipinski definition) is 4. The van der Waals surface area contributed by atoms with Gasteiger partial charge >= 0.3 is 6.18 Å². The number of imidazole rings is 1. The van der Waals surface area contributed by atoms with Crippen LogP contribution in [0.1, 0.15) is 99.1 Å². The molecule has 7 rings (SSSR count). The largest absolute Gasteiger partial charge is 0.416 e. The molecule has 0 radical (unpaired) electrons. The summed E-state index contributed by atoms with van der Waals surface area (Å²) in [5, 5.41) is 10.0. The minimum atomic E-state index is -4.40. The fourth-order valence-corrected chi connectivity index (χ4v) is 8.15. The molecule has 3 aromatic carbocycles. The highest BCUT2D eigenvalue weighted by Crippen LogP contribution is 2.48. The standard InChI is InChI=1S/C41H48F3N7O/c1-5-37-46-23-32(48-37)26-8-12-28(13-9-26)34-20-21-35(51(34)31-18-16-30(17-19-31)41(42,43)44)29-14-10-27(11-15-29)33-24-47-39(49-33)36-7-6-22-50(36)40(52)38(45-4)25(2)3/h8-19,23-25,34-38,45-46,48H,5-7,20-22H2,1-4H3,(H,47,49)/t34-,35-,36+,37+,38?/m1/s1. The van der Waals surface area contributed by atoms with Crippen LogP contribution in [-0.2, 0) is 11.0 Å². The van der Waals surface area contributed by atoms with Crippen molar-refractivity contribution in [2.75, 3.05) is 18.5 Å². The zero-order valence-corrected chi connectivity index (χ0v) is 30.2. The molecule has 274 valence electrons. The molecule has 5 atom stereocenters. The van der Waals surface area contributed by atoms with Gasteiger partial charge in [-0.2, -0.15) is 13.2 Å². The number of carbonyl (C=O) groups excluding carboxylic acids is 1. The van der Waals surface area contributed by atoms with Gasteiger partial charge < -0.3 is 30.7 Å². The molecule has 2 fully saturated rings. The van der Waals surface area contributed by atoms with E-state index in [2.05, 4.69) is 95.1 Å². The van der Waals surface area contributed by atoms with Crippen molar-refractivity contribution in [1.29, 1.82) is 0 Å². The van der Waals surface area contributed by atoms with Crippen LogP contribution in [0.5, 0.6) is 0 Å². The fourth-order valence-electron chi connectivity index (χ4n) is 8.15. The van der Waals surface area contributed by atoms with Crippen LogP contribution in [0.2, 0.25) is 0 Å². The van der Waals surface area contributed by atoms with Crippen molar-refractivity contribution in [2.45, 2.75) is 89.4 Å². The van der Waals surface area contributed by atoms with Gasteiger partial charge in [-0.15, -0.1) is 0 Å². The Balaban J connectivity index is 1.13. The molecule has 2 saturated heterocycles. The highest BCUT2D eigenvalue weighted by molar-refractivity contribution is 5.83. The lowest BCUT2D eigenvalue weighted by Crippen LogP contribution is -2.47. The Hall–Kier alpha value is -4.77. The number of likely N-dealkylation sites (N-methyl/N-ethyl adjacent to an activating group) is 1. The van der Waals surface area contributed by atoms with Gasteiger partial charge in [0.15, 0.2) is 0 Å². The number of amides is 1. The average Bonchev–Trinajstić information content (AvgIpc) is 3.98. The smallest absolute Gasteiger partial charge is 0.370 e. The van der Waals surface area contributed by atoms with Gasteiger partial charge in [0.1, 0.15) is 5.82 Å². The summed E-state index contributed by atoms with van der Waals surface area (Å²) < 4.78 is 40.6. The Bertz CT molecular complexity index is 1870. The van der Waals surface area contributed by atoms with Crippen molar-refractivity contribution >= 4 is 17.3 Å². The molecule has 0 aliphatic carbocycles. The topological polar surface area (TPSA) is 88.3 Å². The van der Waals surface area contributed by atoms with Gasteiger partial charge in [-0.3, -0.25) is 4.79 Å². The number of nitrogens with zero attached hydrogens (tertiary/aromatic N) is 3. The minimum absolute atomic E-state index is 0.00655. The maximum absolute atomic E-state index is 13.5. The summed E-state index contributed by atoms with van der Waals surface area (Å²) in [6.07, 6.45) is 4.14. The van der Waals surface area contributed by atoms with Gasteiger partial charge in [-0.05, 0) is 91.6 Å². The highest BCUT2D eigenvalue weighted by Gasteiger charge is 2.38. The van der Waals surface area contributed by atoms with Crippen LogP contribution in [0.3, 0.4) is 0 Å². The van der Waals surface area contributed by atoms with E-state index in [1.807, 2.05) is 24.3 Å². The van der Waals surface area contributed by atoms with Crippen LogP contribution in [0.25, 0.3) is 17.0 Å². The summed E-state index contributed by atoms with van der Waals surface area (Å²) in [6, 6.07) is 22.1. The third-order valence-corrected chi connectivity index (χ3v) is 10.9. The maximum Gasteiger partial charge on any atom is 0.416 e. The van der Waals surface area contributed by atoms with E-state index in [4.69, 9.17) is 4.98 Å². The van der Waals surface area contributed by atoms with Gasteiger partial charge in [0.05, 0.1) is 53.5 Å². The van der Waals surface area contributed by atoms with Gasteiger partial charge in [0.2, 0.25) is 5.91 Å². The minimum Gasteiger partial charge on any atom is -0.370 e. The zero-order chi connectivity index (χ0) is 36.6. The molecule has 0 bridgehead atoms. The second-order valence-corrected chi connectivity index (χ2v) is 14.5. The van der Waals surface area contributed by atoms with E-state index in [9.17, 15) is 18.0 Å². The van der Waals surface area contributed by atoms with Crippen molar-refractivity contribution in [1.82, 2.24) is 30.8 Å². The number of benzene rings is 3. The summed E-state index contributed by atoms with van der Waals surface area (Å²) >= 11 is 0. The van der Waals surface area contributed by atoms with Crippen LogP contribution in [0.4, 0.5) is 18.9 Å². The third-order valence-electron chi connectivity index (χ3n) is 10.9. The van der Waals surface area contributed by atoms with E-state index >= 15 is 0 Å². The fraction of sp³-hybridized carbons (Fsp3) is 0.415. The number of carbonyl (C=O) groups is 1. The molecule has 0 spiro atoms. The molecular formula is C41H48F3N7O. The molecule has 4 N–H and O–H groups in total. The Kier molecular flexibility index (Phi) is 10.1. The Labute approximate surface area is 303 Å². The molecule has 3 aliphatic heterocycles. The summed E-state index contributed by atoms with van der Waals surface area (Å²) in [7, 11) is 1.83. The van der Waals surface area contributed by atoms with Crippen LogP contribution in [-0.4, -0.2) is 46.6 Å². The molecule has 11 heteroatoms. The number of aromatic amines is 1. The summed E-state index contributed by atoms with van der Waals surface area (Å²) in [6.45, 7) is 6.95. The molecule has 4 heterocycles. The van der Waals surface area contributed by atoms with Crippen molar-refractivity contribution in [3.05, 3.63) is 113 Å². The normalized spacial score (nSPS) is 22.4. The predicted molar refractivity (Wildman–Crippen MR) is 199 cm³/mol.